The van der Waals surface area contributed by atoms with E-state index in [0.29, 0.717) is 5.75 Å². The first-order chi connectivity index (χ1) is 17.8. The maximum Gasteiger partial charge on any atom is 0.281 e. The van der Waals surface area contributed by atoms with Gasteiger partial charge in [0.25, 0.3) is 5.91 Å². The molecule has 1 fully saturated rings. The van der Waals surface area contributed by atoms with Gasteiger partial charge in [-0.2, -0.15) is 5.10 Å². The van der Waals surface area contributed by atoms with Gasteiger partial charge in [0.2, 0.25) is 0 Å². The van der Waals surface area contributed by atoms with Gasteiger partial charge in [-0.05, 0) is 64.9 Å². The van der Waals surface area contributed by atoms with Gasteiger partial charge in [-0.1, -0.05) is 91.0 Å². The van der Waals surface area contributed by atoms with E-state index in [1.807, 2.05) is 60.7 Å². The van der Waals surface area contributed by atoms with Crippen molar-refractivity contribution in [2.75, 3.05) is 6.61 Å². The zero-order chi connectivity index (χ0) is 24.3. The van der Waals surface area contributed by atoms with Crippen molar-refractivity contribution in [2.45, 2.75) is 25.3 Å². The molecule has 1 amide bonds. The molecule has 1 aliphatic carbocycles. The SMILES string of the molecule is O=C(COc1ccc2ccccc2c1)N1N=C2/C(=C\c3ccccc3)CCC[C@@H]2[C@H]1c1ccccc1. The molecule has 6 rings (SSSR count). The van der Waals surface area contributed by atoms with E-state index in [1.165, 1.54) is 5.57 Å². The Hall–Kier alpha value is -4.18. The van der Waals surface area contributed by atoms with Crippen LogP contribution in [0.4, 0.5) is 0 Å². The fraction of sp³-hybridized carbons (Fsp3) is 0.188. The summed E-state index contributed by atoms with van der Waals surface area (Å²) in [4.78, 5) is 13.5. The zero-order valence-electron chi connectivity index (χ0n) is 20.1. The van der Waals surface area contributed by atoms with Crippen molar-refractivity contribution in [3.05, 3.63) is 120 Å². The highest BCUT2D eigenvalue weighted by Gasteiger charge is 2.43. The van der Waals surface area contributed by atoms with Crippen LogP contribution in [0.15, 0.2) is 114 Å². The molecule has 0 spiro atoms. The van der Waals surface area contributed by atoms with Crippen LogP contribution in [0.2, 0.25) is 0 Å². The first-order valence-corrected chi connectivity index (χ1v) is 12.6. The summed E-state index contributed by atoms with van der Waals surface area (Å²) in [6.07, 6.45) is 5.30. The lowest BCUT2D eigenvalue weighted by atomic mass is 9.77. The van der Waals surface area contributed by atoms with Crippen molar-refractivity contribution in [1.82, 2.24) is 5.01 Å². The van der Waals surface area contributed by atoms with Gasteiger partial charge in [-0.3, -0.25) is 4.79 Å². The highest BCUT2D eigenvalue weighted by atomic mass is 16.5. The summed E-state index contributed by atoms with van der Waals surface area (Å²) in [5, 5.41) is 8.88. The lowest BCUT2D eigenvalue weighted by molar-refractivity contribution is -0.135. The molecule has 4 heteroatoms. The van der Waals surface area contributed by atoms with Gasteiger partial charge in [0.1, 0.15) is 5.75 Å². The average molecular weight is 473 g/mol. The fourth-order valence-corrected chi connectivity index (χ4v) is 5.41. The Kier molecular flexibility index (Phi) is 6.08. The van der Waals surface area contributed by atoms with Crippen LogP contribution in [0.5, 0.6) is 5.75 Å². The summed E-state index contributed by atoms with van der Waals surface area (Å²) in [7, 11) is 0. The summed E-state index contributed by atoms with van der Waals surface area (Å²) in [5.74, 6) is 0.742. The second-order valence-electron chi connectivity index (χ2n) is 9.46. The number of hydrogen-bond donors (Lipinski definition) is 0. The molecule has 0 bridgehead atoms. The standard InChI is InChI=1S/C32H28N2O2/c35-30(22-36-28-19-18-24-12-7-8-15-26(24)21-28)34-32(25-13-5-2-6-14-25)29-17-9-16-27(31(29)33-34)20-23-10-3-1-4-11-23/h1-8,10-15,18-21,29,32H,9,16-17,22H2/b27-20-/t29-,32+/m0/s1. The molecule has 0 aromatic heterocycles. The molecule has 2 aliphatic rings. The van der Waals surface area contributed by atoms with Crippen LogP contribution in [-0.4, -0.2) is 23.2 Å². The molecule has 4 nitrogen and oxygen atoms in total. The number of ether oxygens (including phenoxy) is 1. The molecule has 4 aromatic carbocycles. The molecule has 178 valence electrons. The molecule has 1 aliphatic heterocycles. The fourth-order valence-electron chi connectivity index (χ4n) is 5.41. The van der Waals surface area contributed by atoms with E-state index in [2.05, 4.69) is 48.5 Å². The van der Waals surface area contributed by atoms with Gasteiger partial charge >= 0.3 is 0 Å². The average Bonchev–Trinajstić information content (AvgIpc) is 3.33. The molecule has 2 atom stereocenters. The lowest BCUT2D eigenvalue weighted by Gasteiger charge is -2.29. The predicted octanol–water partition coefficient (Wildman–Crippen LogP) is 7.04. The monoisotopic (exact) mass is 472 g/mol. The highest BCUT2D eigenvalue weighted by Crippen LogP contribution is 2.44. The zero-order valence-corrected chi connectivity index (χ0v) is 20.1. The summed E-state index contributed by atoms with van der Waals surface area (Å²) in [5.41, 5.74) is 4.54. The van der Waals surface area contributed by atoms with E-state index in [-0.39, 0.29) is 24.5 Å². The normalized spacial score (nSPS) is 20.3. The van der Waals surface area contributed by atoms with Gasteiger partial charge in [0.05, 0.1) is 11.8 Å². The molecule has 36 heavy (non-hydrogen) atoms. The first kappa shape index (κ1) is 22.3. The van der Waals surface area contributed by atoms with Crippen molar-refractivity contribution in [2.24, 2.45) is 11.0 Å². The smallest absolute Gasteiger partial charge is 0.281 e. The number of carbonyl (C=O) groups is 1. The van der Waals surface area contributed by atoms with Gasteiger partial charge in [0, 0.05) is 5.92 Å². The second kappa shape index (κ2) is 9.82. The Morgan fingerprint density at radius 3 is 2.42 bits per heavy atom. The van der Waals surface area contributed by atoms with Gasteiger partial charge in [0.15, 0.2) is 6.61 Å². The van der Waals surface area contributed by atoms with E-state index in [4.69, 9.17) is 9.84 Å². The summed E-state index contributed by atoms with van der Waals surface area (Å²) in [6.45, 7) is -0.0527. The van der Waals surface area contributed by atoms with Gasteiger partial charge in [-0.15, -0.1) is 0 Å². The highest BCUT2D eigenvalue weighted by molar-refractivity contribution is 6.08. The summed E-state index contributed by atoms with van der Waals surface area (Å²) < 4.78 is 5.97. The van der Waals surface area contributed by atoms with Gasteiger partial charge < -0.3 is 4.74 Å². The quantitative estimate of drug-likeness (QED) is 0.313. The number of nitrogens with zero attached hydrogens (tertiary/aromatic N) is 2. The maximum absolute atomic E-state index is 13.5. The maximum atomic E-state index is 13.5. The van der Waals surface area contributed by atoms with Crippen molar-refractivity contribution >= 4 is 28.5 Å². The molecule has 1 heterocycles. The molecule has 0 unspecified atom stereocenters. The summed E-state index contributed by atoms with van der Waals surface area (Å²) in [6, 6.07) is 34.6. The van der Waals surface area contributed by atoms with E-state index in [1.54, 1.807) is 5.01 Å². The van der Waals surface area contributed by atoms with Crippen LogP contribution in [0, 0.1) is 5.92 Å². The lowest BCUT2D eigenvalue weighted by Crippen LogP contribution is -2.34. The van der Waals surface area contributed by atoms with Gasteiger partial charge in [-0.25, -0.2) is 5.01 Å². The minimum Gasteiger partial charge on any atom is -0.484 e. The third-order valence-corrected chi connectivity index (χ3v) is 7.12. The van der Waals surface area contributed by atoms with Crippen molar-refractivity contribution in [3.63, 3.8) is 0 Å². The van der Waals surface area contributed by atoms with Crippen molar-refractivity contribution in [3.8, 4) is 5.75 Å². The number of carbonyl (C=O) groups excluding carboxylic acids is 1. The minimum absolute atomic E-state index is 0.0527. The molecule has 0 saturated heterocycles. The topological polar surface area (TPSA) is 41.9 Å². The largest absolute Gasteiger partial charge is 0.484 e. The third kappa shape index (κ3) is 4.42. The number of hydrogen-bond acceptors (Lipinski definition) is 3. The predicted molar refractivity (Wildman–Crippen MR) is 145 cm³/mol. The second-order valence-corrected chi connectivity index (χ2v) is 9.46. The third-order valence-electron chi connectivity index (χ3n) is 7.12. The molecular formula is C32H28N2O2. The van der Waals surface area contributed by atoms with E-state index in [0.717, 1.165) is 46.9 Å². The van der Waals surface area contributed by atoms with Crippen molar-refractivity contribution < 1.29 is 9.53 Å². The van der Waals surface area contributed by atoms with Crippen LogP contribution in [0.1, 0.15) is 36.4 Å². The van der Waals surface area contributed by atoms with Crippen LogP contribution in [0.3, 0.4) is 0 Å². The molecule has 1 saturated carbocycles. The van der Waals surface area contributed by atoms with Crippen LogP contribution in [-0.2, 0) is 4.79 Å². The Balaban J connectivity index is 1.29. The Bertz CT molecular complexity index is 1440. The van der Waals surface area contributed by atoms with Crippen LogP contribution >= 0.6 is 0 Å². The van der Waals surface area contributed by atoms with Crippen molar-refractivity contribution in [1.29, 1.82) is 0 Å². The number of allylic oxidation sites excluding steroid dienone is 1. The first-order valence-electron chi connectivity index (χ1n) is 12.6. The molecule has 0 radical (unpaired) electrons. The Morgan fingerprint density at radius 1 is 0.889 bits per heavy atom. The Labute approximate surface area is 211 Å². The van der Waals surface area contributed by atoms with Crippen LogP contribution in [0.25, 0.3) is 16.8 Å². The number of amides is 1. The molecule has 0 N–H and O–H groups in total. The number of hydrazone groups is 1. The number of rotatable bonds is 5. The summed E-state index contributed by atoms with van der Waals surface area (Å²) >= 11 is 0. The Morgan fingerprint density at radius 2 is 1.61 bits per heavy atom. The number of benzene rings is 4. The molecular weight excluding hydrogens is 444 g/mol. The minimum atomic E-state index is -0.127. The molecule has 4 aromatic rings. The van der Waals surface area contributed by atoms with E-state index in [9.17, 15) is 4.79 Å². The van der Waals surface area contributed by atoms with E-state index < -0.39 is 0 Å². The number of fused-ring (bicyclic) bond motifs is 2. The van der Waals surface area contributed by atoms with E-state index >= 15 is 0 Å². The van der Waals surface area contributed by atoms with Crippen LogP contribution < -0.4 is 4.74 Å².